The van der Waals surface area contributed by atoms with Gasteiger partial charge in [0.25, 0.3) is 0 Å². The van der Waals surface area contributed by atoms with E-state index in [0.29, 0.717) is 0 Å². The Balaban J connectivity index is 4.04. The van der Waals surface area contributed by atoms with Crippen molar-refractivity contribution in [2.24, 2.45) is 0 Å². The molecule has 0 rings (SSSR count). The Morgan fingerprint density at radius 2 is 1.78 bits per heavy atom. The highest BCUT2D eigenvalue weighted by atomic mass is 28.3. The molecular formula is C6H14O2Si. The van der Waals surface area contributed by atoms with Crippen molar-refractivity contribution in [1.29, 1.82) is 0 Å². The summed E-state index contributed by atoms with van der Waals surface area (Å²) >= 11 is 0. The topological polar surface area (TPSA) is 37.3 Å². The molecule has 1 unspecified atom stereocenters. The minimum atomic E-state index is -1.42. The van der Waals surface area contributed by atoms with Crippen molar-refractivity contribution in [1.82, 2.24) is 0 Å². The van der Waals surface area contributed by atoms with Crippen LogP contribution in [0, 0.1) is 0 Å². The molecule has 0 aromatic heterocycles. The molecule has 0 saturated heterocycles. The summed E-state index contributed by atoms with van der Waals surface area (Å²) in [7, 11) is -1.42. The van der Waals surface area contributed by atoms with E-state index < -0.39 is 14.0 Å². The van der Waals surface area contributed by atoms with Crippen LogP contribution in [0.4, 0.5) is 0 Å². The molecule has 0 amide bonds. The van der Waals surface area contributed by atoms with E-state index in [4.69, 9.17) is 5.11 Å². The van der Waals surface area contributed by atoms with E-state index in [2.05, 4.69) is 19.6 Å². The molecule has 0 radical (unpaired) electrons. The molecule has 0 spiro atoms. The van der Waals surface area contributed by atoms with E-state index in [1.807, 2.05) is 0 Å². The third kappa shape index (κ3) is 2.65. The number of rotatable bonds is 2. The SMILES string of the molecule is CC(C(=O)O)[Si](C)(C)C. The molecule has 0 aromatic carbocycles. The molecule has 0 heterocycles. The fourth-order valence-corrected chi connectivity index (χ4v) is 1.11. The molecule has 1 N–H and O–H groups in total. The van der Waals surface area contributed by atoms with Crippen molar-refractivity contribution < 1.29 is 9.90 Å². The van der Waals surface area contributed by atoms with Gasteiger partial charge in [-0.15, -0.1) is 0 Å². The fraction of sp³-hybridized carbons (Fsp3) is 0.833. The third-order valence-electron chi connectivity index (χ3n) is 1.67. The second-order valence-electron chi connectivity index (χ2n) is 3.43. The van der Waals surface area contributed by atoms with Crippen LogP contribution in [0.5, 0.6) is 0 Å². The van der Waals surface area contributed by atoms with Crippen molar-refractivity contribution in [3.8, 4) is 0 Å². The van der Waals surface area contributed by atoms with Gasteiger partial charge in [-0.05, 0) is 0 Å². The maximum absolute atomic E-state index is 10.4. The molecule has 54 valence electrons. The summed E-state index contributed by atoms with van der Waals surface area (Å²) in [6, 6.07) is 0. The van der Waals surface area contributed by atoms with Crippen LogP contribution < -0.4 is 0 Å². The average molecular weight is 146 g/mol. The van der Waals surface area contributed by atoms with Gasteiger partial charge in [0.1, 0.15) is 0 Å². The minimum Gasteiger partial charge on any atom is -0.481 e. The third-order valence-corrected chi connectivity index (χ3v) is 4.51. The van der Waals surface area contributed by atoms with Gasteiger partial charge in [-0.1, -0.05) is 26.6 Å². The molecule has 0 fully saturated rings. The number of hydrogen-bond donors (Lipinski definition) is 1. The van der Waals surface area contributed by atoms with E-state index in [-0.39, 0.29) is 5.54 Å². The smallest absolute Gasteiger partial charge is 0.303 e. The van der Waals surface area contributed by atoms with Gasteiger partial charge in [-0.25, -0.2) is 0 Å². The zero-order valence-corrected chi connectivity index (χ0v) is 7.43. The standard InChI is InChI=1S/C6H14O2Si/c1-5(6(7)8)9(2,3)4/h5H,1-4H3,(H,7,8). The number of carboxylic acid groups (broad SMARTS) is 1. The Morgan fingerprint density at radius 1 is 1.44 bits per heavy atom. The van der Waals surface area contributed by atoms with E-state index in [9.17, 15) is 4.79 Å². The second kappa shape index (κ2) is 2.52. The first-order valence-corrected chi connectivity index (χ1v) is 6.66. The van der Waals surface area contributed by atoms with Crippen LogP contribution in [0.2, 0.25) is 25.2 Å². The highest BCUT2D eigenvalue weighted by Crippen LogP contribution is 2.20. The summed E-state index contributed by atoms with van der Waals surface area (Å²) in [5.41, 5.74) is -0.127. The highest BCUT2D eigenvalue weighted by Gasteiger charge is 2.27. The van der Waals surface area contributed by atoms with Crippen LogP contribution >= 0.6 is 0 Å². The molecule has 9 heavy (non-hydrogen) atoms. The Morgan fingerprint density at radius 3 is 1.78 bits per heavy atom. The van der Waals surface area contributed by atoms with Gasteiger partial charge in [-0.2, -0.15) is 0 Å². The molecule has 0 aromatic rings. The molecule has 0 aliphatic carbocycles. The van der Waals surface area contributed by atoms with Gasteiger partial charge in [0.05, 0.1) is 8.07 Å². The molecule has 2 nitrogen and oxygen atoms in total. The largest absolute Gasteiger partial charge is 0.481 e. The summed E-state index contributed by atoms with van der Waals surface area (Å²) < 4.78 is 0. The summed E-state index contributed by atoms with van der Waals surface area (Å²) in [5, 5.41) is 8.55. The first-order valence-electron chi connectivity index (χ1n) is 3.08. The molecule has 3 heteroatoms. The van der Waals surface area contributed by atoms with Gasteiger partial charge in [0, 0.05) is 5.54 Å². The average Bonchev–Trinajstić information content (AvgIpc) is 1.62. The minimum absolute atomic E-state index is 0.127. The number of aliphatic carboxylic acids is 1. The van der Waals surface area contributed by atoms with Crippen molar-refractivity contribution >= 4 is 14.0 Å². The first-order chi connectivity index (χ1) is 3.85. The zero-order chi connectivity index (χ0) is 7.65. The highest BCUT2D eigenvalue weighted by molar-refractivity contribution is 6.80. The number of hydrogen-bond acceptors (Lipinski definition) is 1. The van der Waals surface area contributed by atoms with Crippen LogP contribution in [0.15, 0.2) is 0 Å². The van der Waals surface area contributed by atoms with E-state index >= 15 is 0 Å². The van der Waals surface area contributed by atoms with Crippen LogP contribution in [-0.4, -0.2) is 19.1 Å². The molecular weight excluding hydrogens is 132 g/mol. The molecule has 0 aliphatic rings. The predicted molar refractivity (Wildman–Crippen MR) is 40.4 cm³/mol. The zero-order valence-electron chi connectivity index (χ0n) is 6.43. The normalized spacial score (nSPS) is 15.1. The summed E-state index contributed by atoms with van der Waals surface area (Å²) in [6.45, 7) is 7.97. The quantitative estimate of drug-likeness (QED) is 0.603. The molecule has 0 bridgehead atoms. The maximum atomic E-state index is 10.4. The van der Waals surface area contributed by atoms with Crippen molar-refractivity contribution in [2.75, 3.05) is 0 Å². The van der Waals surface area contributed by atoms with Gasteiger partial charge >= 0.3 is 5.97 Å². The van der Waals surface area contributed by atoms with Crippen LogP contribution in [0.3, 0.4) is 0 Å². The molecule has 0 aliphatic heterocycles. The lowest BCUT2D eigenvalue weighted by molar-refractivity contribution is -0.136. The summed E-state index contributed by atoms with van der Waals surface area (Å²) in [6.07, 6.45) is 0. The summed E-state index contributed by atoms with van der Waals surface area (Å²) in [4.78, 5) is 10.4. The molecule has 0 saturated carbocycles. The van der Waals surface area contributed by atoms with E-state index in [0.717, 1.165) is 0 Å². The second-order valence-corrected chi connectivity index (χ2v) is 9.02. The Labute approximate surface area is 56.9 Å². The van der Waals surface area contributed by atoms with Gasteiger partial charge < -0.3 is 5.11 Å². The summed E-state index contributed by atoms with van der Waals surface area (Å²) in [5.74, 6) is -0.658. The number of carbonyl (C=O) groups is 1. The van der Waals surface area contributed by atoms with Crippen LogP contribution in [0.25, 0.3) is 0 Å². The number of carboxylic acids is 1. The lowest BCUT2D eigenvalue weighted by atomic mass is 10.5. The van der Waals surface area contributed by atoms with E-state index in [1.54, 1.807) is 6.92 Å². The Kier molecular flexibility index (Phi) is 2.43. The van der Waals surface area contributed by atoms with Gasteiger partial charge in [0.15, 0.2) is 0 Å². The predicted octanol–water partition coefficient (Wildman–Crippen LogP) is 1.80. The Hall–Kier alpha value is -0.313. The first kappa shape index (κ1) is 8.69. The van der Waals surface area contributed by atoms with Crippen LogP contribution in [-0.2, 0) is 4.79 Å². The lowest BCUT2D eigenvalue weighted by Crippen LogP contribution is -2.31. The fourth-order valence-electron chi connectivity index (χ4n) is 0.370. The van der Waals surface area contributed by atoms with Gasteiger partial charge in [-0.3, -0.25) is 4.79 Å². The Bertz CT molecular complexity index is 115. The monoisotopic (exact) mass is 146 g/mol. The molecule has 1 atom stereocenters. The maximum Gasteiger partial charge on any atom is 0.303 e. The van der Waals surface area contributed by atoms with Crippen LogP contribution in [0.1, 0.15) is 6.92 Å². The van der Waals surface area contributed by atoms with E-state index in [1.165, 1.54) is 0 Å². The van der Waals surface area contributed by atoms with Crippen molar-refractivity contribution in [3.05, 3.63) is 0 Å². The van der Waals surface area contributed by atoms with Crippen molar-refractivity contribution in [3.63, 3.8) is 0 Å². The van der Waals surface area contributed by atoms with Gasteiger partial charge in [0.2, 0.25) is 0 Å². The lowest BCUT2D eigenvalue weighted by Gasteiger charge is -2.20. The van der Waals surface area contributed by atoms with Crippen molar-refractivity contribution in [2.45, 2.75) is 32.1 Å².